The zero-order valence-corrected chi connectivity index (χ0v) is 8.04. The lowest BCUT2D eigenvalue weighted by Gasteiger charge is -1.99. The van der Waals surface area contributed by atoms with Crippen molar-refractivity contribution in [1.29, 1.82) is 0 Å². The number of nitrogens with zero attached hydrogens (tertiary/aromatic N) is 2. The molecule has 0 unspecified atom stereocenters. The molecule has 6 heteroatoms. The average molecular weight is 212 g/mol. The molecule has 0 atom stereocenters. The van der Waals surface area contributed by atoms with Crippen molar-refractivity contribution in [1.82, 2.24) is 0 Å². The first kappa shape index (κ1) is 11.1. The second-order valence-electron chi connectivity index (χ2n) is 2.87. The van der Waals surface area contributed by atoms with Crippen molar-refractivity contribution >= 4 is 11.7 Å². The highest BCUT2D eigenvalue weighted by Crippen LogP contribution is 2.09. The van der Waals surface area contributed by atoms with Crippen molar-refractivity contribution < 1.29 is 8.78 Å². The molecule has 4 N–H and O–H groups in total. The highest BCUT2D eigenvalue weighted by atomic mass is 19.1. The number of rotatable bonds is 2. The maximum absolute atomic E-state index is 12.8. The topological polar surface area (TPSA) is 76.8 Å². The summed E-state index contributed by atoms with van der Waals surface area (Å²) in [7, 11) is 0. The van der Waals surface area contributed by atoms with Crippen LogP contribution in [0.25, 0.3) is 0 Å². The SMILES string of the molecule is CC(=NN=C(N)N)c1cc(F)cc(F)c1. The summed E-state index contributed by atoms with van der Waals surface area (Å²) < 4.78 is 25.6. The maximum atomic E-state index is 12.8. The normalized spacial score (nSPS) is 11.3. The van der Waals surface area contributed by atoms with Crippen LogP contribution in [0.1, 0.15) is 12.5 Å². The van der Waals surface area contributed by atoms with E-state index in [0.717, 1.165) is 18.2 Å². The van der Waals surface area contributed by atoms with Crippen LogP contribution in [0.2, 0.25) is 0 Å². The lowest BCUT2D eigenvalue weighted by Crippen LogP contribution is -2.22. The Morgan fingerprint density at radius 2 is 1.60 bits per heavy atom. The van der Waals surface area contributed by atoms with Crippen molar-refractivity contribution in [3.05, 3.63) is 35.4 Å². The molecule has 4 nitrogen and oxygen atoms in total. The third kappa shape index (κ3) is 3.34. The third-order valence-electron chi connectivity index (χ3n) is 1.60. The molecule has 0 heterocycles. The first-order valence-electron chi connectivity index (χ1n) is 4.08. The summed E-state index contributed by atoms with van der Waals surface area (Å²) in [4.78, 5) is 0. The zero-order valence-electron chi connectivity index (χ0n) is 8.04. The molecule has 0 aliphatic heterocycles. The average Bonchev–Trinajstić information content (AvgIpc) is 2.12. The summed E-state index contributed by atoms with van der Waals surface area (Å²) in [5.74, 6) is -1.57. The Morgan fingerprint density at radius 3 is 2.07 bits per heavy atom. The largest absolute Gasteiger partial charge is 0.369 e. The minimum absolute atomic E-state index is 0.216. The van der Waals surface area contributed by atoms with Crippen molar-refractivity contribution in [3.8, 4) is 0 Å². The molecule has 1 aromatic carbocycles. The van der Waals surface area contributed by atoms with Crippen LogP contribution in [0, 0.1) is 11.6 Å². The highest BCUT2D eigenvalue weighted by Gasteiger charge is 2.03. The Labute approximate surface area is 85.3 Å². The summed E-state index contributed by atoms with van der Waals surface area (Å²) in [5, 5.41) is 6.97. The van der Waals surface area contributed by atoms with Crippen molar-refractivity contribution in [2.75, 3.05) is 0 Å². The zero-order chi connectivity index (χ0) is 11.4. The van der Waals surface area contributed by atoms with E-state index in [2.05, 4.69) is 10.2 Å². The second-order valence-corrected chi connectivity index (χ2v) is 2.87. The van der Waals surface area contributed by atoms with Crippen LogP contribution >= 0.6 is 0 Å². The summed E-state index contributed by atoms with van der Waals surface area (Å²) >= 11 is 0. The van der Waals surface area contributed by atoms with Crippen LogP contribution in [-0.2, 0) is 0 Å². The van der Waals surface area contributed by atoms with Gasteiger partial charge in [-0.2, -0.15) is 5.10 Å². The molecule has 0 saturated heterocycles. The lowest BCUT2D eigenvalue weighted by molar-refractivity contribution is 0.583. The van der Waals surface area contributed by atoms with Crippen molar-refractivity contribution in [2.24, 2.45) is 21.7 Å². The number of hydrogen-bond acceptors (Lipinski definition) is 2. The van der Waals surface area contributed by atoms with Crippen LogP contribution < -0.4 is 11.5 Å². The molecule has 0 bridgehead atoms. The molecule has 0 amide bonds. The molecule has 0 saturated carbocycles. The van der Waals surface area contributed by atoms with Gasteiger partial charge in [0.1, 0.15) is 11.6 Å². The van der Waals surface area contributed by atoms with Gasteiger partial charge in [-0.15, -0.1) is 5.10 Å². The van der Waals surface area contributed by atoms with Gasteiger partial charge in [-0.1, -0.05) is 0 Å². The number of halogens is 2. The summed E-state index contributed by atoms with van der Waals surface area (Å²) in [6, 6.07) is 3.06. The van der Waals surface area contributed by atoms with Gasteiger partial charge in [0, 0.05) is 11.6 Å². The summed E-state index contributed by atoms with van der Waals surface area (Å²) in [6.45, 7) is 1.54. The number of hydrogen-bond donors (Lipinski definition) is 2. The molecular weight excluding hydrogens is 202 g/mol. The Kier molecular flexibility index (Phi) is 3.33. The Bertz CT molecular complexity index is 402. The molecule has 0 spiro atoms. The van der Waals surface area contributed by atoms with Crippen LogP contribution in [0.3, 0.4) is 0 Å². The second kappa shape index (κ2) is 4.50. The first-order chi connectivity index (χ1) is 6.99. The number of nitrogens with two attached hydrogens (primary N) is 2. The minimum atomic E-state index is -0.677. The molecule has 0 radical (unpaired) electrons. The van der Waals surface area contributed by atoms with Crippen molar-refractivity contribution in [3.63, 3.8) is 0 Å². The number of guanidine groups is 1. The highest BCUT2D eigenvalue weighted by molar-refractivity contribution is 5.98. The standard InChI is InChI=1S/C9H10F2N4/c1-5(14-15-9(12)13)6-2-7(10)4-8(11)3-6/h2-4H,1H3,(H4,12,13,15). The maximum Gasteiger partial charge on any atom is 0.211 e. The Morgan fingerprint density at radius 1 is 1.07 bits per heavy atom. The quantitative estimate of drug-likeness (QED) is 0.435. The van der Waals surface area contributed by atoms with Gasteiger partial charge in [0.05, 0.1) is 5.71 Å². The fourth-order valence-electron chi connectivity index (χ4n) is 0.953. The van der Waals surface area contributed by atoms with Gasteiger partial charge in [0.15, 0.2) is 0 Å². The third-order valence-corrected chi connectivity index (χ3v) is 1.60. The van der Waals surface area contributed by atoms with Gasteiger partial charge in [-0.3, -0.25) is 0 Å². The van der Waals surface area contributed by atoms with E-state index in [1.807, 2.05) is 0 Å². The molecule has 15 heavy (non-hydrogen) atoms. The van der Waals surface area contributed by atoms with Gasteiger partial charge < -0.3 is 11.5 Å². The Hall–Kier alpha value is -1.98. The van der Waals surface area contributed by atoms with E-state index in [9.17, 15) is 8.78 Å². The van der Waals surface area contributed by atoms with E-state index in [0.29, 0.717) is 5.71 Å². The van der Waals surface area contributed by atoms with Gasteiger partial charge >= 0.3 is 0 Å². The predicted molar refractivity (Wildman–Crippen MR) is 54.4 cm³/mol. The predicted octanol–water partition coefficient (Wildman–Crippen LogP) is 0.962. The fraction of sp³-hybridized carbons (Fsp3) is 0.111. The fourth-order valence-corrected chi connectivity index (χ4v) is 0.953. The van der Waals surface area contributed by atoms with Gasteiger partial charge in [-0.25, -0.2) is 8.78 Å². The molecule has 0 aromatic heterocycles. The Balaban J connectivity index is 3.06. The molecular formula is C9H10F2N4. The van der Waals surface area contributed by atoms with E-state index in [1.54, 1.807) is 6.92 Å². The lowest BCUT2D eigenvalue weighted by atomic mass is 10.1. The number of benzene rings is 1. The van der Waals surface area contributed by atoms with Crippen molar-refractivity contribution in [2.45, 2.75) is 6.92 Å². The van der Waals surface area contributed by atoms with E-state index in [4.69, 9.17) is 11.5 Å². The first-order valence-corrected chi connectivity index (χ1v) is 4.08. The molecule has 0 aliphatic carbocycles. The molecule has 1 rings (SSSR count). The molecule has 1 aromatic rings. The van der Waals surface area contributed by atoms with Gasteiger partial charge in [-0.05, 0) is 19.1 Å². The van der Waals surface area contributed by atoms with E-state index in [-0.39, 0.29) is 11.5 Å². The van der Waals surface area contributed by atoms with Gasteiger partial charge in [0.25, 0.3) is 0 Å². The van der Waals surface area contributed by atoms with E-state index >= 15 is 0 Å². The minimum Gasteiger partial charge on any atom is -0.369 e. The van der Waals surface area contributed by atoms with E-state index < -0.39 is 11.6 Å². The van der Waals surface area contributed by atoms with Crippen LogP contribution in [-0.4, -0.2) is 11.7 Å². The molecule has 80 valence electrons. The molecule has 0 fully saturated rings. The van der Waals surface area contributed by atoms with Crippen LogP contribution in [0.5, 0.6) is 0 Å². The van der Waals surface area contributed by atoms with Crippen LogP contribution in [0.4, 0.5) is 8.78 Å². The molecule has 0 aliphatic rings. The van der Waals surface area contributed by atoms with Crippen LogP contribution in [0.15, 0.2) is 28.4 Å². The van der Waals surface area contributed by atoms with Gasteiger partial charge in [0.2, 0.25) is 5.96 Å². The van der Waals surface area contributed by atoms with E-state index in [1.165, 1.54) is 0 Å². The monoisotopic (exact) mass is 212 g/mol. The summed E-state index contributed by atoms with van der Waals surface area (Å²) in [6.07, 6.45) is 0. The smallest absolute Gasteiger partial charge is 0.211 e. The summed E-state index contributed by atoms with van der Waals surface area (Å²) in [5.41, 5.74) is 10.7.